The molecule has 0 radical (unpaired) electrons. The van der Waals surface area contributed by atoms with Gasteiger partial charge in [-0.25, -0.2) is 0 Å². The zero-order chi connectivity index (χ0) is 32.6. The molecule has 49 heavy (non-hydrogen) atoms. The second-order valence-electron chi connectivity index (χ2n) is 12.6. The molecule has 0 atom stereocenters. The first-order chi connectivity index (χ1) is 24.3. The lowest BCUT2D eigenvalue weighted by Crippen LogP contribution is -2.10. The van der Waals surface area contributed by atoms with E-state index in [0.717, 1.165) is 17.1 Å². The Morgan fingerprint density at radius 3 is 1.41 bits per heavy atom. The van der Waals surface area contributed by atoms with E-state index in [1.54, 1.807) is 0 Å². The van der Waals surface area contributed by atoms with Gasteiger partial charge in [0.05, 0.1) is 0 Å². The summed E-state index contributed by atoms with van der Waals surface area (Å²) in [6.45, 7) is 0. The number of hydrogen-bond acceptors (Lipinski definition) is 1. The quantitative estimate of drug-likeness (QED) is 0.178. The van der Waals surface area contributed by atoms with Gasteiger partial charge in [0.25, 0.3) is 0 Å². The van der Waals surface area contributed by atoms with Crippen molar-refractivity contribution < 1.29 is 0 Å². The maximum Gasteiger partial charge on any atom is 0.0473 e. The Labute approximate surface area is 287 Å². The molecular weight excluding hydrogens is 591 g/mol. The minimum atomic E-state index is 1.11. The molecule has 1 heteroatoms. The van der Waals surface area contributed by atoms with Crippen molar-refractivity contribution in [3.63, 3.8) is 0 Å². The number of rotatable bonds is 6. The minimum absolute atomic E-state index is 1.11. The molecule has 0 fully saturated rings. The fourth-order valence-corrected chi connectivity index (χ4v) is 7.11. The summed E-state index contributed by atoms with van der Waals surface area (Å²) in [5, 5.41) is 7.38. The van der Waals surface area contributed by atoms with Gasteiger partial charge in [0.15, 0.2) is 0 Å². The lowest BCUT2D eigenvalue weighted by molar-refractivity contribution is 1.29. The monoisotopic (exact) mass is 623 g/mol. The summed E-state index contributed by atoms with van der Waals surface area (Å²) in [5.74, 6) is 0. The molecule has 0 bridgehead atoms. The van der Waals surface area contributed by atoms with Gasteiger partial charge >= 0.3 is 0 Å². The molecule has 0 aliphatic heterocycles. The van der Waals surface area contributed by atoms with Crippen LogP contribution < -0.4 is 4.90 Å². The van der Waals surface area contributed by atoms with Gasteiger partial charge in [0.1, 0.15) is 0 Å². The first-order valence-corrected chi connectivity index (χ1v) is 16.8. The third-order valence-corrected chi connectivity index (χ3v) is 9.57. The average molecular weight is 624 g/mol. The van der Waals surface area contributed by atoms with Gasteiger partial charge in [-0.15, -0.1) is 0 Å². The number of hydrogen-bond donors (Lipinski definition) is 0. The van der Waals surface area contributed by atoms with Crippen LogP contribution in [0.2, 0.25) is 0 Å². The van der Waals surface area contributed by atoms with Gasteiger partial charge in [0.2, 0.25) is 0 Å². The van der Waals surface area contributed by atoms with Gasteiger partial charge in [-0.3, -0.25) is 0 Å². The molecule has 9 aromatic rings. The first-order valence-electron chi connectivity index (χ1n) is 16.8. The minimum Gasteiger partial charge on any atom is -0.310 e. The standard InChI is InChI=1S/C48H33N/c1-3-12-34(13-4-1)42-29-43(35-14-5-2-6-15-35)32-46(31-42)49(44-26-24-37-17-8-10-19-40(37)30-44)45-27-25-38-20-11-21-47(48(38)33-45)41-23-22-36-16-7-9-18-39(36)28-41/h1-33H. The molecule has 230 valence electrons. The molecule has 9 aromatic carbocycles. The summed E-state index contributed by atoms with van der Waals surface area (Å²) >= 11 is 0. The average Bonchev–Trinajstić information content (AvgIpc) is 3.18. The van der Waals surface area contributed by atoms with E-state index in [1.165, 1.54) is 65.7 Å². The third-order valence-electron chi connectivity index (χ3n) is 9.57. The Hall–Kier alpha value is -6.44. The van der Waals surface area contributed by atoms with Crippen LogP contribution in [0.1, 0.15) is 0 Å². The van der Waals surface area contributed by atoms with E-state index in [4.69, 9.17) is 0 Å². The van der Waals surface area contributed by atoms with Gasteiger partial charge in [0, 0.05) is 17.1 Å². The smallest absolute Gasteiger partial charge is 0.0473 e. The van der Waals surface area contributed by atoms with E-state index in [0.29, 0.717) is 0 Å². The summed E-state index contributed by atoms with van der Waals surface area (Å²) < 4.78 is 0. The van der Waals surface area contributed by atoms with Crippen molar-refractivity contribution in [2.24, 2.45) is 0 Å². The highest BCUT2D eigenvalue weighted by atomic mass is 15.1. The second kappa shape index (κ2) is 12.3. The van der Waals surface area contributed by atoms with Gasteiger partial charge in [-0.05, 0) is 114 Å². The van der Waals surface area contributed by atoms with Crippen molar-refractivity contribution in [3.8, 4) is 33.4 Å². The molecule has 0 spiro atoms. The molecule has 0 aromatic heterocycles. The van der Waals surface area contributed by atoms with Crippen LogP contribution in [0.5, 0.6) is 0 Å². The van der Waals surface area contributed by atoms with Crippen molar-refractivity contribution in [1.29, 1.82) is 0 Å². The highest BCUT2D eigenvalue weighted by Gasteiger charge is 2.18. The maximum absolute atomic E-state index is 2.42. The van der Waals surface area contributed by atoms with Crippen LogP contribution in [-0.2, 0) is 0 Å². The van der Waals surface area contributed by atoms with E-state index in [1.807, 2.05) is 0 Å². The fraction of sp³-hybridized carbons (Fsp3) is 0. The first kappa shape index (κ1) is 28.8. The van der Waals surface area contributed by atoms with Crippen LogP contribution in [0.3, 0.4) is 0 Å². The Kier molecular flexibility index (Phi) is 7.22. The molecule has 9 rings (SSSR count). The molecule has 1 nitrogen and oxygen atoms in total. The number of nitrogens with zero attached hydrogens (tertiary/aromatic N) is 1. The van der Waals surface area contributed by atoms with E-state index in [-0.39, 0.29) is 0 Å². The van der Waals surface area contributed by atoms with Crippen LogP contribution in [0.4, 0.5) is 17.1 Å². The molecule has 0 aliphatic carbocycles. The largest absolute Gasteiger partial charge is 0.310 e. The van der Waals surface area contributed by atoms with Crippen molar-refractivity contribution in [2.45, 2.75) is 0 Å². The summed E-state index contributed by atoms with van der Waals surface area (Å²) in [5.41, 5.74) is 10.5. The fourth-order valence-electron chi connectivity index (χ4n) is 7.11. The van der Waals surface area contributed by atoms with Crippen molar-refractivity contribution in [2.75, 3.05) is 4.90 Å². The zero-order valence-corrected chi connectivity index (χ0v) is 27.0. The Balaban J connectivity index is 1.29. The number of benzene rings is 9. The Morgan fingerprint density at radius 2 is 0.755 bits per heavy atom. The van der Waals surface area contributed by atoms with E-state index in [9.17, 15) is 0 Å². The van der Waals surface area contributed by atoms with Gasteiger partial charge < -0.3 is 4.90 Å². The van der Waals surface area contributed by atoms with Gasteiger partial charge in [-0.1, -0.05) is 152 Å². The lowest BCUT2D eigenvalue weighted by atomic mass is 9.95. The van der Waals surface area contributed by atoms with Crippen LogP contribution in [0.25, 0.3) is 65.7 Å². The van der Waals surface area contributed by atoms with Crippen LogP contribution in [0.15, 0.2) is 200 Å². The molecule has 0 N–H and O–H groups in total. The summed E-state index contributed by atoms with van der Waals surface area (Å²) in [6.07, 6.45) is 0. The van der Waals surface area contributed by atoms with Crippen LogP contribution in [-0.4, -0.2) is 0 Å². The third kappa shape index (κ3) is 5.52. The number of anilines is 3. The molecule has 0 saturated heterocycles. The normalized spacial score (nSPS) is 11.3. The SMILES string of the molecule is c1ccc(-c2cc(-c3ccccc3)cc(N(c3ccc4ccccc4c3)c3ccc4cccc(-c5ccc6ccccc6c5)c4c3)c2)cc1. The van der Waals surface area contributed by atoms with E-state index in [2.05, 4.69) is 205 Å². The predicted octanol–water partition coefficient (Wildman–Crippen LogP) is 13.6. The highest BCUT2D eigenvalue weighted by molar-refractivity contribution is 6.02. The summed E-state index contributed by atoms with van der Waals surface area (Å²) in [6, 6.07) is 72.7. The Morgan fingerprint density at radius 1 is 0.245 bits per heavy atom. The molecule has 0 aliphatic rings. The topological polar surface area (TPSA) is 3.24 Å². The summed E-state index contributed by atoms with van der Waals surface area (Å²) in [7, 11) is 0. The molecular formula is C48H33N. The van der Waals surface area contributed by atoms with Crippen molar-refractivity contribution in [1.82, 2.24) is 0 Å². The van der Waals surface area contributed by atoms with Crippen LogP contribution in [0, 0.1) is 0 Å². The van der Waals surface area contributed by atoms with Gasteiger partial charge in [-0.2, -0.15) is 0 Å². The lowest BCUT2D eigenvalue weighted by Gasteiger charge is -2.28. The zero-order valence-electron chi connectivity index (χ0n) is 27.0. The second-order valence-corrected chi connectivity index (χ2v) is 12.6. The predicted molar refractivity (Wildman–Crippen MR) is 210 cm³/mol. The number of fused-ring (bicyclic) bond motifs is 3. The van der Waals surface area contributed by atoms with Crippen LogP contribution >= 0.6 is 0 Å². The van der Waals surface area contributed by atoms with E-state index >= 15 is 0 Å². The van der Waals surface area contributed by atoms with Crippen molar-refractivity contribution >= 4 is 49.4 Å². The molecule has 0 heterocycles. The Bertz CT molecular complexity index is 2550. The summed E-state index contributed by atoms with van der Waals surface area (Å²) in [4.78, 5) is 2.42. The maximum atomic E-state index is 2.42. The van der Waals surface area contributed by atoms with Crippen molar-refractivity contribution in [3.05, 3.63) is 200 Å². The molecule has 0 saturated carbocycles. The highest BCUT2D eigenvalue weighted by Crippen LogP contribution is 2.42. The molecule has 0 amide bonds. The molecule has 0 unspecified atom stereocenters. The van der Waals surface area contributed by atoms with E-state index < -0.39 is 0 Å².